The van der Waals surface area contributed by atoms with E-state index in [1.807, 2.05) is 48.5 Å². The zero-order valence-corrected chi connectivity index (χ0v) is 24.9. The van der Waals surface area contributed by atoms with E-state index in [1.54, 1.807) is 7.05 Å². The highest BCUT2D eigenvalue weighted by molar-refractivity contribution is 5.98. The van der Waals surface area contributed by atoms with Crippen LogP contribution in [0.15, 0.2) is 61.2 Å². The lowest BCUT2D eigenvalue weighted by Gasteiger charge is -2.34. The van der Waals surface area contributed by atoms with Crippen LogP contribution < -0.4 is 26.2 Å². The minimum absolute atomic E-state index is 0.195. The number of aromatic nitrogens is 2. The Labute approximate surface area is 257 Å². The van der Waals surface area contributed by atoms with Crippen LogP contribution in [-0.2, 0) is 16.1 Å². The lowest BCUT2D eigenvalue weighted by Crippen LogP contribution is -2.40. The summed E-state index contributed by atoms with van der Waals surface area (Å²) in [6.45, 7) is 8.73. The zero-order valence-electron chi connectivity index (χ0n) is 24.9. The molecule has 3 heterocycles. The fourth-order valence-corrected chi connectivity index (χ4v) is 5.32. The molecule has 1 aromatic heterocycles. The largest absolute Gasteiger partial charge is 0.378 e. The predicted molar refractivity (Wildman–Crippen MR) is 174 cm³/mol. The predicted octanol–water partition coefficient (Wildman–Crippen LogP) is 3.93. The molecule has 2 fully saturated rings. The summed E-state index contributed by atoms with van der Waals surface area (Å²) in [4.78, 5) is 37.7. The van der Waals surface area contributed by atoms with E-state index in [0.29, 0.717) is 55.0 Å². The highest BCUT2D eigenvalue weighted by Crippen LogP contribution is 2.30. The van der Waals surface area contributed by atoms with Crippen molar-refractivity contribution in [1.82, 2.24) is 20.2 Å². The molecule has 0 saturated carbocycles. The van der Waals surface area contributed by atoms with Gasteiger partial charge in [0.2, 0.25) is 5.91 Å². The van der Waals surface area contributed by atoms with E-state index in [9.17, 15) is 9.59 Å². The van der Waals surface area contributed by atoms with Gasteiger partial charge in [-0.1, -0.05) is 18.7 Å². The first kappa shape index (κ1) is 30.6. The van der Waals surface area contributed by atoms with Crippen molar-refractivity contribution in [3.05, 3.63) is 72.3 Å². The normalized spacial score (nSPS) is 15.7. The highest BCUT2D eigenvalue weighted by atomic mass is 16.5. The van der Waals surface area contributed by atoms with Crippen LogP contribution in [0.25, 0.3) is 11.4 Å². The molecule has 2 aliphatic rings. The van der Waals surface area contributed by atoms with Gasteiger partial charge in [0.05, 0.1) is 18.8 Å². The monoisotopic (exact) mass is 597 g/mol. The lowest BCUT2D eigenvalue weighted by atomic mass is 10.0. The number of nitrogens with zero attached hydrogens (tertiary/aromatic N) is 4. The van der Waals surface area contributed by atoms with Gasteiger partial charge in [-0.3, -0.25) is 9.69 Å². The van der Waals surface area contributed by atoms with Gasteiger partial charge in [0.25, 0.3) is 0 Å². The molecule has 5 N–H and O–H groups in total. The van der Waals surface area contributed by atoms with Crippen LogP contribution in [0.2, 0.25) is 0 Å². The summed E-state index contributed by atoms with van der Waals surface area (Å²) in [5.74, 6) is 1.69. The van der Waals surface area contributed by atoms with Gasteiger partial charge in [0.15, 0.2) is 5.82 Å². The van der Waals surface area contributed by atoms with Crippen molar-refractivity contribution < 1.29 is 14.3 Å². The maximum atomic E-state index is 11.7. The van der Waals surface area contributed by atoms with E-state index in [2.05, 4.69) is 37.6 Å². The average Bonchev–Trinajstić information content (AvgIpc) is 3.06. The Morgan fingerprint density at radius 1 is 0.977 bits per heavy atom. The average molecular weight is 598 g/mol. The molecule has 2 aromatic carbocycles. The molecule has 12 heteroatoms. The molecule has 3 aromatic rings. The molecule has 0 radical (unpaired) electrons. The first-order valence-corrected chi connectivity index (χ1v) is 14.8. The molecule has 0 bridgehead atoms. The van der Waals surface area contributed by atoms with Gasteiger partial charge in [0, 0.05) is 69.0 Å². The number of nitrogens with one attached hydrogen (secondary N) is 5. The van der Waals surface area contributed by atoms with E-state index in [-0.39, 0.29) is 18.0 Å². The standard InChI is InChI=1S/C32H39N9O3/c1-3-28(42)35-24-8-4-22(5-9-24)21-40-14-12-26(13-15-40)36-30-27(20-33)31(41-16-18-44-19-17-41)39-29(38-30)23-6-10-25(11-7-23)37-32(43)34-2/h3-11,20,26,33H,1,12-19,21H2,2H3,(H,35,42)(H2,34,37,43)(H,36,38,39). The van der Waals surface area contributed by atoms with E-state index < -0.39 is 0 Å². The second-order valence-corrected chi connectivity index (χ2v) is 10.7. The van der Waals surface area contributed by atoms with Gasteiger partial charge in [0.1, 0.15) is 11.6 Å². The van der Waals surface area contributed by atoms with E-state index in [1.165, 1.54) is 17.9 Å². The Kier molecular flexibility index (Phi) is 10.2. The molecule has 44 heavy (non-hydrogen) atoms. The van der Waals surface area contributed by atoms with Crippen molar-refractivity contribution in [3.63, 3.8) is 0 Å². The molecule has 0 aliphatic carbocycles. The van der Waals surface area contributed by atoms with Crippen LogP contribution in [0.5, 0.6) is 0 Å². The number of hydrogen-bond donors (Lipinski definition) is 5. The molecule has 5 rings (SSSR count). The SMILES string of the molecule is C=CC(=O)Nc1ccc(CN2CCC(Nc3nc(-c4ccc(NC(=O)NC)cc4)nc(N4CCOCC4)c3C=N)CC2)cc1. The molecule has 2 saturated heterocycles. The van der Waals surface area contributed by atoms with Crippen molar-refractivity contribution in [3.8, 4) is 11.4 Å². The number of rotatable bonds is 10. The summed E-state index contributed by atoms with van der Waals surface area (Å²) < 4.78 is 5.57. The fourth-order valence-electron chi connectivity index (χ4n) is 5.32. The number of ether oxygens (including phenoxy) is 1. The van der Waals surface area contributed by atoms with Gasteiger partial charge < -0.3 is 36.3 Å². The quantitative estimate of drug-likeness (QED) is 0.175. The molecular formula is C32H39N9O3. The number of carbonyl (C=O) groups is 2. The topological polar surface area (TPSA) is 148 Å². The van der Waals surface area contributed by atoms with Crippen LogP contribution >= 0.6 is 0 Å². The second-order valence-electron chi connectivity index (χ2n) is 10.7. The third-order valence-corrected chi connectivity index (χ3v) is 7.75. The molecule has 0 spiro atoms. The smallest absolute Gasteiger partial charge is 0.318 e. The number of amides is 3. The van der Waals surface area contributed by atoms with Crippen molar-refractivity contribution in [1.29, 1.82) is 5.41 Å². The summed E-state index contributed by atoms with van der Waals surface area (Å²) in [5.41, 5.74) is 4.08. The van der Waals surface area contributed by atoms with Gasteiger partial charge in [-0.05, 0) is 60.9 Å². The van der Waals surface area contributed by atoms with Gasteiger partial charge in [-0.25, -0.2) is 14.8 Å². The van der Waals surface area contributed by atoms with E-state index >= 15 is 0 Å². The number of anilines is 4. The maximum Gasteiger partial charge on any atom is 0.318 e. The van der Waals surface area contributed by atoms with Crippen molar-refractivity contribution >= 4 is 41.2 Å². The molecule has 0 atom stereocenters. The van der Waals surface area contributed by atoms with Crippen LogP contribution in [0.1, 0.15) is 24.0 Å². The van der Waals surface area contributed by atoms with Gasteiger partial charge in [-0.15, -0.1) is 0 Å². The Morgan fingerprint density at radius 3 is 2.27 bits per heavy atom. The zero-order chi connectivity index (χ0) is 30.9. The number of hydrogen-bond acceptors (Lipinski definition) is 9. The molecule has 2 aliphatic heterocycles. The molecule has 3 amide bonds. The first-order chi connectivity index (χ1) is 21.4. The van der Waals surface area contributed by atoms with Crippen molar-refractivity contribution in [2.75, 3.05) is 67.3 Å². The summed E-state index contributed by atoms with van der Waals surface area (Å²) >= 11 is 0. The van der Waals surface area contributed by atoms with E-state index in [0.717, 1.165) is 43.7 Å². The van der Waals surface area contributed by atoms with E-state index in [4.69, 9.17) is 20.1 Å². The number of likely N-dealkylation sites (tertiary alicyclic amines) is 1. The third kappa shape index (κ3) is 7.77. The van der Waals surface area contributed by atoms with Gasteiger partial charge >= 0.3 is 6.03 Å². The second kappa shape index (κ2) is 14.6. The maximum absolute atomic E-state index is 11.7. The summed E-state index contributed by atoms with van der Waals surface area (Å²) in [5, 5.41) is 20.0. The third-order valence-electron chi connectivity index (χ3n) is 7.75. The first-order valence-electron chi connectivity index (χ1n) is 14.8. The summed E-state index contributed by atoms with van der Waals surface area (Å²) in [6, 6.07) is 15.2. The fraction of sp³-hybridized carbons (Fsp3) is 0.344. The number of carbonyl (C=O) groups excluding carboxylic acids is 2. The molecular weight excluding hydrogens is 558 g/mol. The Bertz CT molecular complexity index is 1460. The summed E-state index contributed by atoms with van der Waals surface area (Å²) in [6.07, 6.45) is 4.45. The van der Waals surface area contributed by atoms with Crippen LogP contribution in [0, 0.1) is 5.41 Å². The van der Waals surface area contributed by atoms with Crippen molar-refractivity contribution in [2.24, 2.45) is 0 Å². The number of piperidine rings is 1. The van der Waals surface area contributed by atoms with Crippen LogP contribution in [0.3, 0.4) is 0 Å². The highest BCUT2D eigenvalue weighted by Gasteiger charge is 2.25. The minimum atomic E-state index is -0.288. The Hall–Kier alpha value is -4.81. The molecule has 12 nitrogen and oxygen atoms in total. The number of benzene rings is 2. The van der Waals surface area contributed by atoms with Crippen molar-refractivity contribution in [2.45, 2.75) is 25.4 Å². The Morgan fingerprint density at radius 2 is 1.64 bits per heavy atom. The van der Waals surface area contributed by atoms with Crippen LogP contribution in [-0.4, -0.2) is 85.5 Å². The lowest BCUT2D eigenvalue weighted by molar-refractivity contribution is -0.111. The van der Waals surface area contributed by atoms with Crippen LogP contribution in [0.4, 0.5) is 27.8 Å². The van der Waals surface area contributed by atoms with Gasteiger partial charge in [-0.2, -0.15) is 0 Å². The Balaban J connectivity index is 1.30. The minimum Gasteiger partial charge on any atom is -0.378 e. The molecule has 230 valence electrons. The molecule has 0 unspecified atom stereocenters. The summed E-state index contributed by atoms with van der Waals surface area (Å²) in [7, 11) is 1.57. The number of morpholine rings is 1. The number of urea groups is 1.